The topological polar surface area (TPSA) is 83.4 Å². The van der Waals surface area contributed by atoms with Gasteiger partial charge in [0.15, 0.2) is 17.2 Å². The Morgan fingerprint density at radius 2 is 1.79 bits per heavy atom. The van der Waals surface area contributed by atoms with Gasteiger partial charge in [-0.25, -0.2) is 19.7 Å². The highest BCUT2D eigenvalue weighted by Gasteiger charge is 2.37. The maximum absolute atomic E-state index is 13.3. The first kappa shape index (κ1) is 25.0. The van der Waals surface area contributed by atoms with Gasteiger partial charge in [-0.05, 0) is 36.5 Å². The molecule has 0 saturated heterocycles. The highest BCUT2D eigenvalue weighted by molar-refractivity contribution is 5.74. The lowest BCUT2D eigenvalue weighted by molar-refractivity contribution is -0.140. The minimum absolute atomic E-state index is 0.0439. The number of pyridine rings is 1. The predicted octanol–water partition coefficient (Wildman–Crippen LogP) is 5.58. The fraction of sp³-hybridized carbons (Fsp3) is 0.321. The quantitative estimate of drug-likeness (QED) is 0.285. The summed E-state index contributed by atoms with van der Waals surface area (Å²) in [5.74, 6) is 0.953. The number of aromatic nitrogens is 7. The Hall–Kier alpha value is -4.28. The fourth-order valence-corrected chi connectivity index (χ4v) is 4.83. The molecule has 1 fully saturated rings. The van der Waals surface area contributed by atoms with Gasteiger partial charge in [-0.3, -0.25) is 14.1 Å². The van der Waals surface area contributed by atoms with Gasteiger partial charge in [0.2, 0.25) is 0 Å². The van der Waals surface area contributed by atoms with Crippen molar-refractivity contribution in [2.45, 2.75) is 51.4 Å². The molecule has 0 radical (unpaired) electrons. The van der Waals surface area contributed by atoms with Crippen molar-refractivity contribution in [3.8, 4) is 22.8 Å². The zero-order valence-electron chi connectivity index (χ0n) is 21.6. The second-order valence-corrected chi connectivity index (χ2v) is 10.2. The molecule has 0 atom stereocenters. The predicted molar refractivity (Wildman–Crippen MR) is 140 cm³/mol. The van der Waals surface area contributed by atoms with Crippen LogP contribution in [-0.4, -0.2) is 33.6 Å². The molecule has 1 saturated carbocycles. The molecule has 4 aromatic heterocycles. The monoisotopic (exact) mass is 533 g/mol. The summed E-state index contributed by atoms with van der Waals surface area (Å²) in [6, 6.07) is 10.9. The molecule has 5 aromatic rings. The minimum Gasteiger partial charge on any atom is -0.327 e. The van der Waals surface area contributed by atoms with Crippen molar-refractivity contribution in [2.75, 3.05) is 0 Å². The van der Waals surface area contributed by atoms with Gasteiger partial charge in [0.25, 0.3) is 0 Å². The third-order valence-electron chi connectivity index (χ3n) is 7.03. The highest BCUT2D eigenvalue weighted by atomic mass is 19.4. The van der Waals surface area contributed by atoms with E-state index < -0.39 is 11.9 Å². The maximum atomic E-state index is 13.3. The van der Waals surface area contributed by atoms with Crippen molar-refractivity contribution >= 4 is 11.2 Å². The molecule has 8 nitrogen and oxygen atoms in total. The smallest absolute Gasteiger partial charge is 0.327 e. The third-order valence-corrected chi connectivity index (χ3v) is 7.03. The number of hydrogen-bond acceptors (Lipinski definition) is 5. The molecule has 200 valence electrons. The van der Waals surface area contributed by atoms with Gasteiger partial charge in [-0.15, -0.1) is 0 Å². The van der Waals surface area contributed by atoms with Crippen LogP contribution in [0.15, 0.2) is 59.8 Å². The van der Waals surface area contributed by atoms with Gasteiger partial charge in [0.05, 0.1) is 18.4 Å². The summed E-state index contributed by atoms with van der Waals surface area (Å²) in [5.41, 5.74) is 3.04. The second-order valence-electron chi connectivity index (χ2n) is 10.2. The van der Waals surface area contributed by atoms with Crippen LogP contribution in [0.2, 0.25) is 0 Å². The van der Waals surface area contributed by atoms with E-state index in [0.29, 0.717) is 28.4 Å². The lowest BCUT2D eigenvalue weighted by atomic mass is 10.0. The van der Waals surface area contributed by atoms with Gasteiger partial charge < -0.3 is 4.57 Å². The Morgan fingerprint density at radius 3 is 2.46 bits per heavy atom. The van der Waals surface area contributed by atoms with Crippen molar-refractivity contribution < 1.29 is 13.2 Å². The van der Waals surface area contributed by atoms with Crippen LogP contribution in [0.3, 0.4) is 0 Å². The molecule has 1 aliphatic carbocycles. The third kappa shape index (κ3) is 4.51. The van der Waals surface area contributed by atoms with Crippen LogP contribution in [0.1, 0.15) is 55.6 Å². The maximum Gasteiger partial charge on any atom is 0.434 e. The zero-order chi connectivity index (χ0) is 27.5. The van der Waals surface area contributed by atoms with Gasteiger partial charge in [0, 0.05) is 36.6 Å². The minimum atomic E-state index is -4.50. The van der Waals surface area contributed by atoms with Crippen LogP contribution in [0, 0.1) is 0 Å². The fourth-order valence-electron chi connectivity index (χ4n) is 4.83. The van der Waals surface area contributed by atoms with Crippen LogP contribution < -0.4 is 5.69 Å². The Kier molecular flexibility index (Phi) is 5.89. The number of aryl methyl sites for hydroxylation is 1. The highest BCUT2D eigenvalue weighted by Crippen LogP contribution is 2.41. The SMILES string of the molecule is CC(C)c1ncccc1-c1ncc2c(n1)n(Cc1ccc(-c3nc(C(F)(F)F)cn3C3CC3)cc1)c(=O)n2C. The van der Waals surface area contributed by atoms with E-state index in [0.717, 1.165) is 35.9 Å². The first-order valence-corrected chi connectivity index (χ1v) is 12.7. The van der Waals surface area contributed by atoms with E-state index in [9.17, 15) is 18.0 Å². The Labute approximate surface area is 221 Å². The number of imidazole rings is 2. The molecular weight excluding hydrogens is 507 g/mol. The largest absolute Gasteiger partial charge is 0.434 e. The van der Waals surface area contributed by atoms with Gasteiger partial charge in [-0.1, -0.05) is 38.1 Å². The second kappa shape index (κ2) is 9.18. The first-order chi connectivity index (χ1) is 18.6. The van der Waals surface area contributed by atoms with Crippen LogP contribution in [-0.2, 0) is 19.8 Å². The number of fused-ring (bicyclic) bond motifs is 1. The Morgan fingerprint density at radius 1 is 1.05 bits per heavy atom. The van der Waals surface area contributed by atoms with E-state index in [1.165, 1.54) is 4.57 Å². The Balaban J connectivity index is 1.36. The molecule has 0 bridgehead atoms. The summed E-state index contributed by atoms with van der Waals surface area (Å²) >= 11 is 0. The molecule has 0 spiro atoms. The summed E-state index contributed by atoms with van der Waals surface area (Å²) in [6.07, 6.45) is 1.65. The first-order valence-electron chi connectivity index (χ1n) is 12.7. The molecule has 0 aliphatic heterocycles. The molecular formula is C28H26F3N7O. The summed E-state index contributed by atoms with van der Waals surface area (Å²) < 4.78 is 44.7. The lowest BCUT2D eigenvalue weighted by Crippen LogP contribution is -2.22. The van der Waals surface area contributed by atoms with E-state index in [-0.39, 0.29) is 24.2 Å². The van der Waals surface area contributed by atoms with E-state index in [2.05, 4.69) is 15.0 Å². The molecule has 11 heteroatoms. The summed E-state index contributed by atoms with van der Waals surface area (Å²) in [5, 5.41) is 0. The number of halogens is 3. The molecule has 0 unspecified atom stereocenters. The number of benzene rings is 1. The van der Waals surface area contributed by atoms with Crippen LogP contribution >= 0.6 is 0 Å². The van der Waals surface area contributed by atoms with Crippen molar-refractivity contribution in [3.63, 3.8) is 0 Å². The van der Waals surface area contributed by atoms with Crippen molar-refractivity contribution in [3.05, 3.63) is 82.4 Å². The summed E-state index contributed by atoms with van der Waals surface area (Å²) in [7, 11) is 1.67. The molecule has 1 aliphatic rings. The number of alkyl halides is 3. The average molecular weight is 534 g/mol. The van der Waals surface area contributed by atoms with Crippen molar-refractivity contribution in [1.29, 1.82) is 0 Å². The normalized spacial score (nSPS) is 14.0. The molecule has 0 amide bonds. The zero-order valence-corrected chi connectivity index (χ0v) is 21.6. The van der Waals surface area contributed by atoms with Gasteiger partial charge in [-0.2, -0.15) is 13.2 Å². The van der Waals surface area contributed by atoms with Crippen molar-refractivity contribution in [1.82, 2.24) is 33.6 Å². The molecule has 4 heterocycles. The van der Waals surface area contributed by atoms with E-state index in [1.807, 2.05) is 26.0 Å². The Bertz CT molecular complexity index is 1740. The molecule has 39 heavy (non-hydrogen) atoms. The lowest BCUT2D eigenvalue weighted by Gasteiger charge is -2.10. The van der Waals surface area contributed by atoms with Crippen molar-refractivity contribution in [2.24, 2.45) is 7.05 Å². The van der Waals surface area contributed by atoms with E-state index in [1.54, 1.807) is 52.8 Å². The van der Waals surface area contributed by atoms with E-state index in [4.69, 9.17) is 4.98 Å². The average Bonchev–Trinajstić information content (AvgIpc) is 3.62. The van der Waals surface area contributed by atoms with Gasteiger partial charge >= 0.3 is 11.9 Å². The van der Waals surface area contributed by atoms with Crippen LogP contribution in [0.25, 0.3) is 33.9 Å². The molecule has 0 N–H and O–H groups in total. The number of rotatable bonds is 6. The standard InChI is InChI=1S/C28H26F3N7O/c1-16(2)23-20(5-4-12-32-23)24-33-13-21-26(35-24)38(27(39)36(21)3)14-17-6-8-18(9-7-17)25-34-22(28(29,30)31)15-37(25)19-10-11-19/h4-9,12-13,15-16,19H,10-11,14H2,1-3H3. The summed E-state index contributed by atoms with van der Waals surface area (Å²) in [4.78, 5) is 30.8. The molecule has 6 rings (SSSR count). The number of nitrogens with zero attached hydrogens (tertiary/aromatic N) is 7. The summed E-state index contributed by atoms with van der Waals surface area (Å²) in [6.45, 7) is 4.34. The van der Waals surface area contributed by atoms with E-state index >= 15 is 0 Å². The van der Waals surface area contributed by atoms with Crippen LogP contribution in [0.5, 0.6) is 0 Å². The van der Waals surface area contributed by atoms with Gasteiger partial charge in [0.1, 0.15) is 11.3 Å². The number of hydrogen-bond donors (Lipinski definition) is 0. The molecule has 1 aromatic carbocycles. The van der Waals surface area contributed by atoms with Crippen LogP contribution in [0.4, 0.5) is 13.2 Å².